The van der Waals surface area contributed by atoms with Crippen molar-refractivity contribution >= 4 is 45.1 Å². The van der Waals surface area contributed by atoms with Crippen molar-refractivity contribution in [3.05, 3.63) is 93.6 Å². The number of rotatable bonds is 6. The number of nitrogens with one attached hydrogen (secondary N) is 1. The number of aromatic nitrogens is 1. The molecule has 0 atom stereocenters. The lowest BCUT2D eigenvalue weighted by Crippen LogP contribution is -2.33. The van der Waals surface area contributed by atoms with Gasteiger partial charge in [-0.05, 0) is 68.2 Å². The van der Waals surface area contributed by atoms with E-state index in [4.69, 9.17) is 0 Å². The van der Waals surface area contributed by atoms with Gasteiger partial charge >= 0.3 is 0 Å². The van der Waals surface area contributed by atoms with E-state index in [1.54, 1.807) is 0 Å². The SMILES string of the molecule is CCN1/C(=C/C=C2\CCC(/C=C/c3sc4ccccc4[n+]3CC)=C2NC)Sc2ccccc21. The Labute approximate surface area is 204 Å². The third kappa shape index (κ3) is 4.16. The van der Waals surface area contributed by atoms with Crippen LogP contribution in [0.5, 0.6) is 0 Å². The second-order valence-corrected chi connectivity index (χ2v) is 10.3. The van der Waals surface area contributed by atoms with Crippen LogP contribution in [-0.2, 0) is 6.54 Å². The Kier molecular flexibility index (Phi) is 6.43. The quantitative estimate of drug-likeness (QED) is 0.394. The summed E-state index contributed by atoms with van der Waals surface area (Å²) in [5.74, 6) is 0. The van der Waals surface area contributed by atoms with Crippen molar-refractivity contribution < 1.29 is 4.57 Å². The maximum Gasteiger partial charge on any atom is 0.262 e. The highest BCUT2D eigenvalue weighted by Gasteiger charge is 2.23. The van der Waals surface area contributed by atoms with Crippen molar-refractivity contribution in [2.45, 2.75) is 38.1 Å². The summed E-state index contributed by atoms with van der Waals surface area (Å²) < 4.78 is 3.75. The summed E-state index contributed by atoms with van der Waals surface area (Å²) in [5, 5.41) is 6.09. The van der Waals surface area contributed by atoms with Gasteiger partial charge < -0.3 is 10.2 Å². The van der Waals surface area contributed by atoms with E-state index in [1.807, 2.05) is 30.1 Å². The van der Waals surface area contributed by atoms with E-state index in [9.17, 15) is 0 Å². The van der Waals surface area contributed by atoms with Crippen LogP contribution in [-0.4, -0.2) is 13.6 Å². The van der Waals surface area contributed by atoms with Gasteiger partial charge in [0.2, 0.25) is 5.52 Å². The molecular weight excluding hydrogens is 442 g/mol. The number of hydrogen-bond acceptors (Lipinski definition) is 4. The second kappa shape index (κ2) is 9.62. The summed E-state index contributed by atoms with van der Waals surface area (Å²) >= 11 is 3.73. The molecule has 5 rings (SSSR count). The van der Waals surface area contributed by atoms with Crippen molar-refractivity contribution in [3.63, 3.8) is 0 Å². The number of thioether (sulfide) groups is 1. The van der Waals surface area contributed by atoms with Crippen LogP contribution in [0.2, 0.25) is 0 Å². The lowest BCUT2D eigenvalue weighted by Gasteiger charge is -2.17. The number of likely N-dealkylation sites (N-methyl/N-ethyl adjacent to an activating group) is 1. The average molecular weight is 473 g/mol. The molecule has 2 heterocycles. The van der Waals surface area contributed by atoms with E-state index in [0.717, 1.165) is 25.9 Å². The molecule has 2 aliphatic rings. The number of fused-ring (bicyclic) bond motifs is 2. The largest absolute Gasteiger partial charge is 0.388 e. The highest BCUT2D eigenvalue weighted by molar-refractivity contribution is 8.03. The van der Waals surface area contributed by atoms with Gasteiger partial charge in [0.25, 0.3) is 5.01 Å². The molecule has 0 unspecified atom stereocenters. The van der Waals surface area contributed by atoms with Crippen LogP contribution in [0.25, 0.3) is 16.3 Å². The predicted octanol–water partition coefficient (Wildman–Crippen LogP) is 6.89. The van der Waals surface area contributed by atoms with Crippen LogP contribution < -0.4 is 14.8 Å². The molecule has 0 radical (unpaired) electrons. The normalized spacial score (nSPS) is 18.5. The molecule has 0 bridgehead atoms. The van der Waals surface area contributed by atoms with E-state index >= 15 is 0 Å². The fourth-order valence-electron chi connectivity index (χ4n) is 4.73. The monoisotopic (exact) mass is 472 g/mol. The minimum atomic E-state index is 0.980. The van der Waals surface area contributed by atoms with Crippen LogP contribution in [0.15, 0.2) is 93.5 Å². The zero-order valence-corrected chi connectivity index (χ0v) is 21.1. The maximum atomic E-state index is 3.48. The van der Waals surface area contributed by atoms with E-state index in [2.05, 4.69) is 101 Å². The van der Waals surface area contributed by atoms with Gasteiger partial charge in [0.15, 0.2) is 0 Å². The average Bonchev–Trinajstić information content (AvgIpc) is 3.52. The van der Waals surface area contributed by atoms with Gasteiger partial charge in [-0.15, -0.1) is 0 Å². The Morgan fingerprint density at radius 3 is 2.64 bits per heavy atom. The van der Waals surface area contributed by atoms with Crippen molar-refractivity contribution in [1.82, 2.24) is 5.32 Å². The summed E-state index contributed by atoms with van der Waals surface area (Å²) in [4.78, 5) is 3.75. The number of allylic oxidation sites excluding steroid dienone is 5. The predicted molar refractivity (Wildman–Crippen MR) is 144 cm³/mol. The summed E-state index contributed by atoms with van der Waals surface area (Å²) in [6.07, 6.45) is 11.4. The van der Waals surface area contributed by atoms with Gasteiger partial charge in [-0.25, -0.2) is 0 Å². The number of benzene rings is 2. The highest BCUT2D eigenvalue weighted by atomic mass is 32.2. The third-order valence-corrected chi connectivity index (χ3v) is 8.58. The standard InChI is InChI=1S/C28H29N3S2/c1-4-30-22-10-6-8-12-24(22)32-26(30)18-16-20-14-15-21(28(20)29-3)17-19-27-31(5-2)23-11-7-9-13-25(23)33-27/h6-13,16-19H,4-5,14-15H2,1-3H3/p+1/b20-16+,26-18-. The number of anilines is 1. The number of thiazole rings is 1. The molecule has 1 aliphatic carbocycles. The Balaban J connectivity index is 1.42. The first-order valence-electron chi connectivity index (χ1n) is 11.7. The van der Waals surface area contributed by atoms with Gasteiger partial charge in [0.1, 0.15) is 11.2 Å². The molecule has 0 fully saturated rings. The van der Waals surface area contributed by atoms with Crippen LogP contribution in [0.4, 0.5) is 5.69 Å². The Bertz CT molecular complexity index is 1310. The number of nitrogens with zero attached hydrogens (tertiary/aromatic N) is 2. The molecule has 0 amide bonds. The van der Waals surface area contributed by atoms with Crippen molar-refractivity contribution in [2.24, 2.45) is 0 Å². The molecule has 0 saturated carbocycles. The van der Waals surface area contributed by atoms with E-state index in [-0.39, 0.29) is 0 Å². The topological polar surface area (TPSA) is 19.1 Å². The molecule has 5 heteroatoms. The Hall–Kier alpha value is -2.76. The molecular formula is C28H30N3S2+. The fraction of sp³-hybridized carbons (Fsp3) is 0.250. The summed E-state index contributed by atoms with van der Waals surface area (Å²) in [6, 6.07) is 17.4. The zero-order chi connectivity index (χ0) is 22.8. The minimum Gasteiger partial charge on any atom is -0.388 e. The van der Waals surface area contributed by atoms with Gasteiger partial charge in [-0.3, -0.25) is 0 Å². The number of aryl methyl sites for hydroxylation is 1. The van der Waals surface area contributed by atoms with E-state index < -0.39 is 0 Å². The molecule has 0 saturated heterocycles. The van der Waals surface area contributed by atoms with Crippen LogP contribution >= 0.6 is 23.1 Å². The molecule has 2 aromatic carbocycles. The lowest BCUT2D eigenvalue weighted by molar-refractivity contribution is -0.665. The number of para-hydroxylation sites is 2. The smallest absolute Gasteiger partial charge is 0.262 e. The van der Waals surface area contributed by atoms with Crippen molar-refractivity contribution in [1.29, 1.82) is 0 Å². The molecule has 0 spiro atoms. The highest BCUT2D eigenvalue weighted by Crippen LogP contribution is 2.45. The third-order valence-electron chi connectivity index (χ3n) is 6.32. The first kappa shape index (κ1) is 22.1. The van der Waals surface area contributed by atoms with Gasteiger partial charge in [0.05, 0.1) is 10.7 Å². The summed E-state index contributed by atoms with van der Waals surface area (Å²) in [6.45, 7) is 6.40. The van der Waals surface area contributed by atoms with Crippen LogP contribution in [0.1, 0.15) is 31.7 Å². The molecule has 1 aromatic heterocycles. The van der Waals surface area contributed by atoms with Crippen LogP contribution in [0.3, 0.4) is 0 Å². The second-order valence-electron chi connectivity index (χ2n) is 8.15. The molecule has 1 aliphatic heterocycles. The van der Waals surface area contributed by atoms with Gasteiger partial charge in [0, 0.05) is 36.3 Å². The summed E-state index contributed by atoms with van der Waals surface area (Å²) in [7, 11) is 2.04. The van der Waals surface area contributed by atoms with Gasteiger partial charge in [-0.1, -0.05) is 53.4 Å². The Morgan fingerprint density at radius 2 is 1.82 bits per heavy atom. The lowest BCUT2D eigenvalue weighted by atomic mass is 10.2. The molecule has 3 aromatic rings. The Morgan fingerprint density at radius 1 is 1.00 bits per heavy atom. The molecule has 33 heavy (non-hydrogen) atoms. The molecule has 3 nitrogen and oxygen atoms in total. The molecule has 1 N–H and O–H groups in total. The maximum absolute atomic E-state index is 3.48. The van der Waals surface area contributed by atoms with Crippen LogP contribution in [0, 0.1) is 0 Å². The first-order valence-corrected chi connectivity index (χ1v) is 13.3. The van der Waals surface area contributed by atoms with E-state index in [1.165, 1.54) is 47.7 Å². The van der Waals surface area contributed by atoms with E-state index in [0.29, 0.717) is 0 Å². The van der Waals surface area contributed by atoms with Gasteiger partial charge in [-0.2, -0.15) is 4.57 Å². The zero-order valence-electron chi connectivity index (χ0n) is 19.5. The van der Waals surface area contributed by atoms with Crippen molar-refractivity contribution in [3.8, 4) is 0 Å². The summed E-state index contributed by atoms with van der Waals surface area (Å²) in [5.41, 5.74) is 6.69. The number of hydrogen-bond donors (Lipinski definition) is 1. The minimum absolute atomic E-state index is 0.980. The molecule has 168 valence electrons. The first-order chi connectivity index (χ1) is 16.2. The fourth-order valence-corrected chi connectivity index (χ4v) is 6.99. The van der Waals surface area contributed by atoms with Crippen molar-refractivity contribution in [2.75, 3.05) is 18.5 Å².